The number of hydrogen-bond acceptors (Lipinski definition) is 2. The van der Waals surface area contributed by atoms with Gasteiger partial charge in [0.1, 0.15) is 6.04 Å². The largest absolute Gasteiger partial charge is 0.480 e. The summed E-state index contributed by atoms with van der Waals surface area (Å²) in [5, 5.41) is 9.06. The Balaban J connectivity index is 1.94. The van der Waals surface area contributed by atoms with Gasteiger partial charge in [0.05, 0.1) is 0 Å². The molecule has 80 valence electrons. The van der Waals surface area contributed by atoms with Crippen molar-refractivity contribution >= 4 is 5.97 Å². The van der Waals surface area contributed by atoms with Crippen LogP contribution >= 0.6 is 0 Å². The molecule has 1 N–H and O–H groups in total. The molecule has 14 heavy (non-hydrogen) atoms. The van der Waals surface area contributed by atoms with E-state index >= 15 is 0 Å². The van der Waals surface area contributed by atoms with Crippen molar-refractivity contribution in [3.63, 3.8) is 0 Å². The van der Waals surface area contributed by atoms with Crippen molar-refractivity contribution in [3.8, 4) is 0 Å². The average Bonchev–Trinajstić information content (AvgIpc) is 2.04. The molecule has 0 bridgehead atoms. The third kappa shape index (κ3) is 1.78. The zero-order chi connectivity index (χ0) is 10.1. The Morgan fingerprint density at radius 1 is 1.29 bits per heavy atom. The van der Waals surface area contributed by atoms with Crippen molar-refractivity contribution in [3.05, 3.63) is 0 Å². The van der Waals surface area contributed by atoms with Gasteiger partial charge in [-0.1, -0.05) is 19.3 Å². The minimum absolute atomic E-state index is 0.227. The van der Waals surface area contributed by atoms with Crippen LogP contribution in [0, 0.1) is 11.8 Å². The first-order chi connectivity index (χ1) is 6.68. The van der Waals surface area contributed by atoms with Crippen LogP contribution in [0.5, 0.6) is 0 Å². The Kier molecular flexibility index (Phi) is 2.77. The summed E-state index contributed by atoms with van der Waals surface area (Å²) < 4.78 is 0. The summed E-state index contributed by atoms with van der Waals surface area (Å²) in [5.41, 5.74) is 0. The average molecular weight is 197 g/mol. The van der Waals surface area contributed by atoms with Gasteiger partial charge in [0.2, 0.25) is 0 Å². The van der Waals surface area contributed by atoms with E-state index in [1.807, 2.05) is 11.9 Å². The Morgan fingerprint density at radius 2 is 2.00 bits per heavy atom. The van der Waals surface area contributed by atoms with Crippen LogP contribution in [0.25, 0.3) is 0 Å². The highest BCUT2D eigenvalue weighted by Crippen LogP contribution is 2.39. The van der Waals surface area contributed by atoms with Crippen molar-refractivity contribution in [2.24, 2.45) is 11.8 Å². The van der Waals surface area contributed by atoms with Gasteiger partial charge in [-0.25, -0.2) is 0 Å². The minimum atomic E-state index is -0.642. The third-order valence-electron chi connectivity index (χ3n) is 4.01. The second kappa shape index (κ2) is 3.89. The van der Waals surface area contributed by atoms with E-state index in [0.717, 1.165) is 18.9 Å². The predicted molar refractivity (Wildman–Crippen MR) is 54.1 cm³/mol. The second-order valence-electron chi connectivity index (χ2n) is 4.81. The SMILES string of the molecule is CN1CCC(C2CCC2)CC1C(=O)O. The van der Waals surface area contributed by atoms with Gasteiger partial charge in [-0.05, 0) is 38.3 Å². The first kappa shape index (κ1) is 9.97. The van der Waals surface area contributed by atoms with Crippen LogP contribution in [0.15, 0.2) is 0 Å². The molecule has 2 fully saturated rings. The molecule has 0 spiro atoms. The van der Waals surface area contributed by atoms with E-state index in [2.05, 4.69) is 0 Å². The molecule has 1 aliphatic carbocycles. The maximum Gasteiger partial charge on any atom is 0.320 e. The molecular weight excluding hydrogens is 178 g/mol. The lowest BCUT2D eigenvalue weighted by molar-refractivity contribution is -0.145. The number of carbonyl (C=O) groups is 1. The molecule has 2 atom stereocenters. The molecule has 0 aromatic carbocycles. The molecule has 2 aliphatic rings. The van der Waals surface area contributed by atoms with Gasteiger partial charge in [-0.2, -0.15) is 0 Å². The monoisotopic (exact) mass is 197 g/mol. The van der Waals surface area contributed by atoms with E-state index in [1.165, 1.54) is 25.7 Å². The topological polar surface area (TPSA) is 40.5 Å². The minimum Gasteiger partial charge on any atom is -0.480 e. The van der Waals surface area contributed by atoms with Crippen LogP contribution in [0.3, 0.4) is 0 Å². The predicted octanol–water partition coefficient (Wildman–Crippen LogP) is 1.58. The van der Waals surface area contributed by atoms with E-state index in [0.29, 0.717) is 5.92 Å². The summed E-state index contributed by atoms with van der Waals surface area (Å²) in [7, 11) is 1.93. The van der Waals surface area contributed by atoms with Crippen LogP contribution in [0.4, 0.5) is 0 Å². The number of carboxylic acids is 1. The summed E-state index contributed by atoms with van der Waals surface area (Å²) in [5.74, 6) is 0.878. The van der Waals surface area contributed by atoms with Gasteiger partial charge in [0.25, 0.3) is 0 Å². The molecule has 1 saturated heterocycles. The van der Waals surface area contributed by atoms with Gasteiger partial charge >= 0.3 is 5.97 Å². The van der Waals surface area contributed by atoms with Crippen molar-refractivity contribution < 1.29 is 9.90 Å². The van der Waals surface area contributed by atoms with E-state index in [-0.39, 0.29) is 6.04 Å². The molecule has 1 aliphatic heterocycles. The highest BCUT2D eigenvalue weighted by atomic mass is 16.4. The molecule has 0 aromatic heterocycles. The van der Waals surface area contributed by atoms with Crippen LogP contribution < -0.4 is 0 Å². The van der Waals surface area contributed by atoms with Crippen molar-refractivity contribution in [1.29, 1.82) is 0 Å². The normalized spacial score (nSPS) is 35.2. The number of rotatable bonds is 2. The molecular formula is C11H19NO2. The number of carboxylic acid groups (broad SMARTS) is 1. The van der Waals surface area contributed by atoms with Gasteiger partial charge in [-0.3, -0.25) is 9.69 Å². The Bertz CT molecular complexity index is 225. The number of nitrogens with zero attached hydrogens (tertiary/aromatic N) is 1. The highest BCUT2D eigenvalue weighted by molar-refractivity contribution is 5.73. The number of likely N-dealkylation sites (tertiary alicyclic amines) is 1. The van der Waals surface area contributed by atoms with Gasteiger partial charge in [0.15, 0.2) is 0 Å². The summed E-state index contributed by atoms with van der Waals surface area (Å²) in [6.45, 7) is 0.956. The first-order valence-corrected chi connectivity index (χ1v) is 5.61. The Hall–Kier alpha value is -0.570. The summed E-state index contributed by atoms with van der Waals surface area (Å²) in [6, 6.07) is -0.227. The number of hydrogen-bond donors (Lipinski definition) is 1. The smallest absolute Gasteiger partial charge is 0.320 e. The second-order valence-corrected chi connectivity index (χ2v) is 4.81. The molecule has 2 rings (SSSR count). The molecule has 1 heterocycles. The molecule has 0 aromatic rings. The molecule has 0 amide bonds. The number of aliphatic carboxylic acids is 1. The van der Waals surface area contributed by atoms with Crippen LogP contribution in [0.1, 0.15) is 32.1 Å². The molecule has 3 heteroatoms. The standard InChI is InChI=1S/C11H19NO2/c1-12-6-5-9(8-3-2-4-8)7-10(12)11(13)14/h8-10H,2-7H2,1H3,(H,13,14). The fourth-order valence-corrected chi connectivity index (χ4v) is 2.74. The van der Waals surface area contributed by atoms with Gasteiger partial charge in [0, 0.05) is 0 Å². The quantitative estimate of drug-likeness (QED) is 0.730. The molecule has 0 radical (unpaired) electrons. The Morgan fingerprint density at radius 3 is 2.50 bits per heavy atom. The first-order valence-electron chi connectivity index (χ1n) is 5.61. The van der Waals surface area contributed by atoms with Gasteiger partial charge < -0.3 is 5.11 Å². The zero-order valence-electron chi connectivity index (χ0n) is 8.78. The number of likely N-dealkylation sites (N-methyl/N-ethyl adjacent to an activating group) is 1. The van der Waals surface area contributed by atoms with Crippen molar-refractivity contribution in [2.75, 3.05) is 13.6 Å². The van der Waals surface area contributed by atoms with E-state index in [9.17, 15) is 4.79 Å². The van der Waals surface area contributed by atoms with E-state index in [1.54, 1.807) is 0 Å². The van der Waals surface area contributed by atoms with Crippen molar-refractivity contribution in [1.82, 2.24) is 4.90 Å². The van der Waals surface area contributed by atoms with E-state index in [4.69, 9.17) is 5.11 Å². The fraction of sp³-hybridized carbons (Fsp3) is 0.909. The zero-order valence-corrected chi connectivity index (χ0v) is 8.78. The lowest BCUT2D eigenvalue weighted by atomic mass is 9.71. The molecule has 2 unspecified atom stereocenters. The summed E-state index contributed by atoms with van der Waals surface area (Å²) >= 11 is 0. The molecule has 1 saturated carbocycles. The summed E-state index contributed by atoms with van der Waals surface area (Å²) in [6.07, 6.45) is 6.09. The van der Waals surface area contributed by atoms with Crippen molar-refractivity contribution in [2.45, 2.75) is 38.1 Å². The van der Waals surface area contributed by atoms with Crippen LogP contribution in [-0.2, 0) is 4.79 Å². The van der Waals surface area contributed by atoms with Crippen LogP contribution in [-0.4, -0.2) is 35.6 Å². The summed E-state index contributed by atoms with van der Waals surface area (Å²) in [4.78, 5) is 13.0. The Labute approximate surface area is 85.1 Å². The van der Waals surface area contributed by atoms with E-state index < -0.39 is 5.97 Å². The van der Waals surface area contributed by atoms with Crippen LogP contribution in [0.2, 0.25) is 0 Å². The highest BCUT2D eigenvalue weighted by Gasteiger charge is 2.36. The molecule has 3 nitrogen and oxygen atoms in total. The maximum absolute atomic E-state index is 11.0. The fourth-order valence-electron chi connectivity index (χ4n) is 2.74. The number of piperidine rings is 1. The lowest BCUT2D eigenvalue weighted by Gasteiger charge is -2.41. The lowest BCUT2D eigenvalue weighted by Crippen LogP contribution is -2.46. The van der Waals surface area contributed by atoms with Gasteiger partial charge in [-0.15, -0.1) is 0 Å². The maximum atomic E-state index is 11.0. The third-order valence-corrected chi connectivity index (χ3v) is 4.01.